The Labute approximate surface area is 205 Å². The number of thioether (sulfide) groups is 1. The third-order valence-electron chi connectivity index (χ3n) is 5.16. The average Bonchev–Trinajstić information content (AvgIpc) is 3.38. The average molecular weight is 516 g/mol. The van der Waals surface area contributed by atoms with E-state index in [4.69, 9.17) is 0 Å². The molecule has 0 atom stereocenters. The van der Waals surface area contributed by atoms with Crippen molar-refractivity contribution in [2.45, 2.75) is 6.54 Å². The van der Waals surface area contributed by atoms with E-state index in [1.165, 1.54) is 12.1 Å². The van der Waals surface area contributed by atoms with Crippen LogP contribution in [0.4, 0.5) is 29.3 Å². The lowest BCUT2D eigenvalue weighted by Gasteiger charge is -2.13. The largest absolute Gasteiger partial charge is 0.343 e. The number of hydrogen-bond acceptors (Lipinski definition) is 6. The number of nitro benzene ring substituents is 1. The quantitative estimate of drug-likeness (QED) is 0.214. The van der Waals surface area contributed by atoms with Gasteiger partial charge < -0.3 is 9.88 Å². The highest BCUT2D eigenvalue weighted by atomic mass is 32.2. The van der Waals surface area contributed by atoms with E-state index in [0.29, 0.717) is 34.0 Å². The summed E-state index contributed by atoms with van der Waals surface area (Å²) in [5, 5.41) is 12.5. The minimum Gasteiger partial charge on any atom is -0.343 e. The number of benzene rings is 2. The fourth-order valence-corrected chi connectivity index (χ4v) is 4.26. The van der Waals surface area contributed by atoms with Gasteiger partial charge in [-0.05, 0) is 42.1 Å². The molecule has 0 saturated carbocycles. The van der Waals surface area contributed by atoms with E-state index < -0.39 is 51.7 Å². The van der Waals surface area contributed by atoms with Crippen LogP contribution in [-0.2, 0) is 16.1 Å². The monoisotopic (exact) mass is 516 g/mol. The summed E-state index contributed by atoms with van der Waals surface area (Å²) in [5.74, 6) is -6.61. The van der Waals surface area contributed by atoms with Crippen molar-refractivity contribution >= 4 is 46.3 Å². The second-order valence-electron chi connectivity index (χ2n) is 7.49. The van der Waals surface area contributed by atoms with Crippen molar-refractivity contribution < 1.29 is 32.5 Å². The maximum absolute atomic E-state index is 13.8. The molecule has 184 valence electrons. The zero-order valence-electron chi connectivity index (χ0n) is 18.1. The minimum atomic E-state index is -1.77. The van der Waals surface area contributed by atoms with Crippen molar-refractivity contribution in [1.29, 1.82) is 0 Å². The molecule has 4 rings (SSSR count). The molecule has 3 amide bonds. The Morgan fingerprint density at radius 1 is 1.06 bits per heavy atom. The van der Waals surface area contributed by atoms with Crippen LogP contribution in [0.5, 0.6) is 0 Å². The van der Waals surface area contributed by atoms with E-state index in [1.54, 1.807) is 41.1 Å². The first-order valence-corrected chi connectivity index (χ1v) is 11.0. The predicted octanol–water partition coefficient (Wildman–Crippen LogP) is 4.54. The summed E-state index contributed by atoms with van der Waals surface area (Å²) in [6.45, 7) is -0.653. The summed E-state index contributed by atoms with van der Waals surface area (Å²) in [4.78, 5) is 48.8. The molecule has 1 aromatic heterocycles. The first-order chi connectivity index (χ1) is 17.2. The van der Waals surface area contributed by atoms with Gasteiger partial charge in [0.1, 0.15) is 6.54 Å². The molecule has 1 N–H and O–H groups in total. The van der Waals surface area contributed by atoms with Crippen LogP contribution in [0.3, 0.4) is 0 Å². The van der Waals surface area contributed by atoms with E-state index in [1.807, 2.05) is 5.32 Å². The Hall–Kier alpha value is -4.39. The lowest BCUT2D eigenvalue weighted by molar-refractivity contribution is -0.385. The predicted molar refractivity (Wildman–Crippen MR) is 124 cm³/mol. The van der Waals surface area contributed by atoms with Crippen LogP contribution in [0.15, 0.2) is 59.6 Å². The number of aromatic nitrogens is 1. The van der Waals surface area contributed by atoms with E-state index in [0.717, 1.165) is 6.07 Å². The summed E-state index contributed by atoms with van der Waals surface area (Å²) in [6, 6.07) is 10.9. The van der Waals surface area contributed by atoms with Crippen LogP contribution in [-0.4, -0.2) is 38.0 Å². The van der Waals surface area contributed by atoms with Gasteiger partial charge in [-0.15, -0.1) is 0 Å². The van der Waals surface area contributed by atoms with Crippen LogP contribution in [0.25, 0.3) is 6.08 Å². The number of hydrogen-bond donors (Lipinski definition) is 1. The molecule has 36 heavy (non-hydrogen) atoms. The highest BCUT2D eigenvalue weighted by molar-refractivity contribution is 8.18. The van der Waals surface area contributed by atoms with Crippen molar-refractivity contribution in [3.63, 3.8) is 0 Å². The molecule has 13 heteroatoms. The van der Waals surface area contributed by atoms with E-state index in [-0.39, 0.29) is 17.1 Å². The Morgan fingerprint density at radius 2 is 1.81 bits per heavy atom. The Kier molecular flexibility index (Phi) is 6.92. The van der Waals surface area contributed by atoms with Gasteiger partial charge in [0.2, 0.25) is 5.91 Å². The van der Waals surface area contributed by atoms with Gasteiger partial charge in [-0.1, -0.05) is 18.2 Å². The molecule has 1 aliphatic rings. The van der Waals surface area contributed by atoms with Crippen LogP contribution in [0.2, 0.25) is 0 Å². The third kappa shape index (κ3) is 5.00. The van der Waals surface area contributed by atoms with Gasteiger partial charge in [-0.2, -0.15) is 0 Å². The van der Waals surface area contributed by atoms with E-state index >= 15 is 0 Å². The van der Waals surface area contributed by atoms with Crippen LogP contribution < -0.4 is 5.32 Å². The number of amides is 3. The van der Waals surface area contributed by atoms with Crippen LogP contribution in [0.1, 0.15) is 11.3 Å². The molecule has 2 heterocycles. The first kappa shape index (κ1) is 24.7. The SMILES string of the molecule is O=C(CN1C(=O)S/C(=C/c2cccn2Cc2ccccc2[N+](=O)[O-])C1=O)Nc1ccc(F)c(F)c1F. The molecule has 1 fully saturated rings. The maximum Gasteiger partial charge on any atom is 0.294 e. The first-order valence-electron chi connectivity index (χ1n) is 10.2. The molecular formula is C23H15F3N4O5S. The van der Waals surface area contributed by atoms with Gasteiger partial charge in [-0.3, -0.25) is 29.4 Å². The lowest BCUT2D eigenvalue weighted by atomic mass is 10.2. The normalized spacial score (nSPS) is 14.5. The molecule has 2 aromatic carbocycles. The van der Waals surface area contributed by atoms with Crippen molar-refractivity contribution in [2.24, 2.45) is 0 Å². The minimum absolute atomic E-state index is 0.00526. The van der Waals surface area contributed by atoms with Gasteiger partial charge in [0.15, 0.2) is 17.5 Å². The van der Waals surface area contributed by atoms with Crippen molar-refractivity contribution in [2.75, 3.05) is 11.9 Å². The molecule has 0 radical (unpaired) electrons. The fourth-order valence-electron chi connectivity index (χ4n) is 3.43. The molecular weight excluding hydrogens is 501 g/mol. The van der Waals surface area contributed by atoms with Gasteiger partial charge >= 0.3 is 0 Å². The highest BCUT2D eigenvalue weighted by Crippen LogP contribution is 2.32. The number of anilines is 1. The van der Waals surface area contributed by atoms with E-state index in [9.17, 15) is 37.7 Å². The van der Waals surface area contributed by atoms with Crippen molar-refractivity contribution in [3.8, 4) is 0 Å². The number of rotatable bonds is 7. The number of para-hydroxylation sites is 1. The van der Waals surface area contributed by atoms with Crippen molar-refractivity contribution in [3.05, 3.63) is 98.5 Å². The summed E-state index contributed by atoms with van der Waals surface area (Å²) < 4.78 is 41.9. The second-order valence-corrected chi connectivity index (χ2v) is 8.48. The Bertz CT molecular complexity index is 1440. The molecule has 0 bridgehead atoms. The van der Waals surface area contributed by atoms with E-state index in [2.05, 4.69) is 0 Å². The highest BCUT2D eigenvalue weighted by Gasteiger charge is 2.36. The van der Waals surface area contributed by atoms with Gasteiger partial charge in [0.25, 0.3) is 16.8 Å². The zero-order chi connectivity index (χ0) is 26.0. The topological polar surface area (TPSA) is 115 Å². The molecule has 1 aliphatic heterocycles. The Balaban J connectivity index is 1.49. The fraction of sp³-hybridized carbons (Fsp3) is 0.0870. The number of carbonyl (C=O) groups is 3. The van der Waals surface area contributed by atoms with Gasteiger partial charge in [0, 0.05) is 23.5 Å². The number of nitro groups is 1. The summed E-state index contributed by atoms with van der Waals surface area (Å²) in [5.41, 5.74) is 0.199. The number of carbonyl (C=O) groups excluding carboxylic acids is 3. The number of nitrogens with zero attached hydrogens (tertiary/aromatic N) is 3. The molecule has 0 spiro atoms. The third-order valence-corrected chi connectivity index (χ3v) is 6.06. The maximum atomic E-state index is 13.8. The van der Waals surface area contributed by atoms with Gasteiger partial charge in [-0.25, -0.2) is 13.2 Å². The lowest BCUT2D eigenvalue weighted by Crippen LogP contribution is -2.36. The number of nitrogens with one attached hydrogen (secondary N) is 1. The van der Waals surface area contributed by atoms with Crippen molar-refractivity contribution in [1.82, 2.24) is 9.47 Å². The smallest absolute Gasteiger partial charge is 0.294 e. The number of halogens is 3. The van der Waals surface area contributed by atoms with Gasteiger partial charge in [0.05, 0.1) is 22.1 Å². The Morgan fingerprint density at radius 3 is 2.56 bits per heavy atom. The molecule has 1 saturated heterocycles. The molecule has 0 aliphatic carbocycles. The molecule has 3 aromatic rings. The second kappa shape index (κ2) is 10.1. The summed E-state index contributed by atoms with van der Waals surface area (Å²) in [6.07, 6.45) is 3.06. The molecule has 0 unspecified atom stereocenters. The van der Waals surface area contributed by atoms with Crippen LogP contribution >= 0.6 is 11.8 Å². The summed E-state index contributed by atoms with van der Waals surface area (Å²) in [7, 11) is 0. The zero-order valence-corrected chi connectivity index (χ0v) is 18.9. The van der Waals surface area contributed by atoms with Crippen LogP contribution in [0, 0.1) is 27.6 Å². The standard InChI is InChI=1S/C23H15F3N4O5S/c24-15-7-8-16(21(26)20(15)25)27-19(31)12-29-22(32)18(36-23(29)33)10-14-5-3-9-28(14)11-13-4-1-2-6-17(13)30(34)35/h1-10H,11-12H2,(H,27,31)/b18-10+. The number of imide groups is 1. The summed E-state index contributed by atoms with van der Waals surface area (Å²) >= 11 is 0.572. The molecule has 9 nitrogen and oxygen atoms in total.